The minimum absolute atomic E-state index is 0.0448. The lowest BCUT2D eigenvalue weighted by Gasteiger charge is -2.22. The second-order valence-corrected chi connectivity index (χ2v) is 4.22. The van der Waals surface area contributed by atoms with Crippen LogP contribution < -0.4 is 5.32 Å². The van der Waals surface area contributed by atoms with Gasteiger partial charge < -0.3 is 9.64 Å². The van der Waals surface area contributed by atoms with Gasteiger partial charge in [0, 0.05) is 26.2 Å². The average Bonchev–Trinajstić information content (AvgIpc) is 2.27. The summed E-state index contributed by atoms with van der Waals surface area (Å²) in [6.07, 6.45) is 0.867. The third kappa shape index (κ3) is 7.63. The molecule has 0 rings (SSSR count). The molecule has 0 heterocycles. The molecule has 0 aromatic rings. The van der Waals surface area contributed by atoms with E-state index in [2.05, 4.69) is 37.1 Å². The molecule has 0 amide bonds. The molecule has 0 aliphatic carbocycles. The van der Waals surface area contributed by atoms with Crippen LogP contribution in [-0.2, 0) is 4.74 Å². The van der Waals surface area contributed by atoms with E-state index in [0.717, 1.165) is 32.7 Å². The molecule has 1 atom stereocenters. The largest absolute Gasteiger partial charge is 0.383 e. The zero-order valence-electron chi connectivity index (χ0n) is 11.0. The number of hydrogen-bond donors (Lipinski definition) is 1. The maximum atomic E-state index is 8.98. The molecule has 0 saturated carbocycles. The Morgan fingerprint density at radius 1 is 1.38 bits per heavy atom. The van der Waals surface area contributed by atoms with Crippen molar-refractivity contribution in [2.45, 2.75) is 39.3 Å². The van der Waals surface area contributed by atoms with Crippen molar-refractivity contribution in [3.05, 3.63) is 0 Å². The Morgan fingerprint density at radius 2 is 2.06 bits per heavy atom. The molecule has 1 unspecified atom stereocenters. The van der Waals surface area contributed by atoms with Gasteiger partial charge in [0.05, 0.1) is 18.7 Å². The van der Waals surface area contributed by atoms with Crippen LogP contribution in [0.5, 0.6) is 0 Å². The number of rotatable bonds is 9. The predicted molar refractivity (Wildman–Crippen MR) is 66.3 cm³/mol. The fraction of sp³-hybridized carbons (Fsp3) is 0.917. The van der Waals surface area contributed by atoms with Gasteiger partial charge in [0.2, 0.25) is 0 Å². The first-order valence-corrected chi connectivity index (χ1v) is 6.01. The number of hydrogen-bond acceptors (Lipinski definition) is 4. The Labute approximate surface area is 99.6 Å². The van der Waals surface area contributed by atoms with Gasteiger partial charge in [-0.25, -0.2) is 0 Å². The van der Waals surface area contributed by atoms with E-state index in [-0.39, 0.29) is 6.04 Å². The number of nitrogens with one attached hydrogen (secondary N) is 1. The second-order valence-electron chi connectivity index (χ2n) is 4.22. The summed E-state index contributed by atoms with van der Waals surface area (Å²) in [6, 6.07) is 2.61. The molecule has 0 aromatic carbocycles. The van der Waals surface area contributed by atoms with Gasteiger partial charge in [0.1, 0.15) is 0 Å². The van der Waals surface area contributed by atoms with E-state index in [1.165, 1.54) is 0 Å². The smallest absolute Gasteiger partial charge is 0.0967 e. The fourth-order valence-corrected chi connectivity index (χ4v) is 1.55. The van der Waals surface area contributed by atoms with Crippen LogP contribution in [-0.4, -0.2) is 50.3 Å². The van der Waals surface area contributed by atoms with E-state index in [1.807, 2.05) is 0 Å². The Balaban J connectivity index is 3.84. The molecule has 0 bridgehead atoms. The highest BCUT2D eigenvalue weighted by molar-refractivity contribution is 4.91. The predicted octanol–water partition coefficient (Wildman–Crippen LogP) is 1.23. The molecule has 0 aliphatic heterocycles. The first kappa shape index (κ1) is 15.4. The minimum atomic E-state index is -0.0448. The van der Waals surface area contributed by atoms with Crippen LogP contribution in [0.15, 0.2) is 0 Å². The zero-order chi connectivity index (χ0) is 12.4. The first-order valence-electron chi connectivity index (χ1n) is 6.01. The molecule has 0 radical (unpaired) electrons. The molecule has 0 saturated heterocycles. The molecule has 0 aromatic heterocycles. The standard InChI is InChI=1S/C12H25N3O/c1-5-15(8-9-16-4)7-6-12(10-13)14-11(2)3/h11-12,14H,5-9H2,1-4H3. The Bertz CT molecular complexity index is 201. The maximum absolute atomic E-state index is 8.98. The van der Waals surface area contributed by atoms with Gasteiger partial charge in [-0.1, -0.05) is 6.92 Å². The van der Waals surface area contributed by atoms with Gasteiger partial charge in [-0.15, -0.1) is 0 Å². The Morgan fingerprint density at radius 3 is 2.50 bits per heavy atom. The SMILES string of the molecule is CCN(CCOC)CCC(C#N)NC(C)C. The molecular weight excluding hydrogens is 202 g/mol. The van der Waals surface area contributed by atoms with Crippen LogP contribution in [0.3, 0.4) is 0 Å². The van der Waals surface area contributed by atoms with Crippen molar-refractivity contribution >= 4 is 0 Å². The topological polar surface area (TPSA) is 48.3 Å². The monoisotopic (exact) mass is 227 g/mol. The van der Waals surface area contributed by atoms with Crippen molar-refractivity contribution in [3.63, 3.8) is 0 Å². The van der Waals surface area contributed by atoms with E-state index in [0.29, 0.717) is 6.04 Å². The van der Waals surface area contributed by atoms with Crippen molar-refractivity contribution < 1.29 is 4.74 Å². The number of methoxy groups -OCH3 is 1. The zero-order valence-corrected chi connectivity index (χ0v) is 11.0. The minimum Gasteiger partial charge on any atom is -0.383 e. The van der Waals surface area contributed by atoms with Crippen LogP contribution in [0.4, 0.5) is 0 Å². The molecule has 0 aliphatic rings. The third-order valence-corrected chi connectivity index (χ3v) is 2.48. The molecule has 4 nitrogen and oxygen atoms in total. The van der Waals surface area contributed by atoms with Gasteiger partial charge in [-0.3, -0.25) is 5.32 Å². The van der Waals surface area contributed by atoms with Crippen LogP contribution in [0, 0.1) is 11.3 Å². The van der Waals surface area contributed by atoms with Crippen LogP contribution >= 0.6 is 0 Å². The maximum Gasteiger partial charge on any atom is 0.0967 e. The highest BCUT2D eigenvalue weighted by Crippen LogP contribution is 1.97. The van der Waals surface area contributed by atoms with Crippen LogP contribution in [0.1, 0.15) is 27.2 Å². The van der Waals surface area contributed by atoms with E-state index in [4.69, 9.17) is 10.00 Å². The first-order chi connectivity index (χ1) is 7.63. The van der Waals surface area contributed by atoms with Gasteiger partial charge >= 0.3 is 0 Å². The van der Waals surface area contributed by atoms with E-state index >= 15 is 0 Å². The molecule has 1 N–H and O–H groups in total. The number of ether oxygens (including phenoxy) is 1. The quantitative estimate of drug-likeness (QED) is 0.644. The average molecular weight is 227 g/mol. The Kier molecular flexibility index (Phi) is 9.21. The number of likely N-dealkylation sites (N-methyl/N-ethyl adjacent to an activating group) is 1. The molecule has 4 heteroatoms. The van der Waals surface area contributed by atoms with E-state index in [1.54, 1.807) is 7.11 Å². The lowest BCUT2D eigenvalue weighted by atomic mass is 10.2. The van der Waals surface area contributed by atoms with Gasteiger partial charge in [-0.05, 0) is 26.8 Å². The summed E-state index contributed by atoms with van der Waals surface area (Å²) in [6.45, 7) is 9.89. The summed E-state index contributed by atoms with van der Waals surface area (Å²) >= 11 is 0. The second kappa shape index (κ2) is 9.59. The Hall–Kier alpha value is -0.630. The van der Waals surface area contributed by atoms with Crippen molar-refractivity contribution in [3.8, 4) is 6.07 Å². The summed E-state index contributed by atoms with van der Waals surface area (Å²) < 4.78 is 5.05. The van der Waals surface area contributed by atoms with Crippen LogP contribution in [0.25, 0.3) is 0 Å². The summed E-state index contributed by atoms with van der Waals surface area (Å²) in [5.41, 5.74) is 0. The number of nitrogens with zero attached hydrogens (tertiary/aromatic N) is 2. The van der Waals surface area contributed by atoms with Crippen molar-refractivity contribution in [2.75, 3.05) is 33.4 Å². The lowest BCUT2D eigenvalue weighted by Crippen LogP contribution is -2.37. The van der Waals surface area contributed by atoms with E-state index < -0.39 is 0 Å². The third-order valence-electron chi connectivity index (χ3n) is 2.48. The lowest BCUT2D eigenvalue weighted by molar-refractivity contribution is 0.149. The molecule has 16 heavy (non-hydrogen) atoms. The molecule has 94 valence electrons. The summed E-state index contributed by atoms with van der Waals surface area (Å²) in [5.74, 6) is 0. The summed E-state index contributed by atoms with van der Waals surface area (Å²) in [4.78, 5) is 2.30. The number of nitriles is 1. The normalized spacial score (nSPS) is 13.1. The van der Waals surface area contributed by atoms with Crippen molar-refractivity contribution in [2.24, 2.45) is 0 Å². The van der Waals surface area contributed by atoms with Crippen molar-refractivity contribution in [1.82, 2.24) is 10.2 Å². The van der Waals surface area contributed by atoms with Crippen LogP contribution in [0.2, 0.25) is 0 Å². The molecule has 0 spiro atoms. The van der Waals surface area contributed by atoms with Crippen molar-refractivity contribution in [1.29, 1.82) is 5.26 Å². The highest BCUT2D eigenvalue weighted by atomic mass is 16.5. The van der Waals surface area contributed by atoms with Gasteiger partial charge in [-0.2, -0.15) is 5.26 Å². The van der Waals surface area contributed by atoms with E-state index in [9.17, 15) is 0 Å². The molecular formula is C12H25N3O. The van der Waals surface area contributed by atoms with Gasteiger partial charge in [0.25, 0.3) is 0 Å². The van der Waals surface area contributed by atoms with Gasteiger partial charge in [0.15, 0.2) is 0 Å². The fourth-order valence-electron chi connectivity index (χ4n) is 1.55. The summed E-state index contributed by atoms with van der Waals surface area (Å²) in [7, 11) is 1.71. The summed E-state index contributed by atoms with van der Waals surface area (Å²) in [5, 5.41) is 12.2. The highest BCUT2D eigenvalue weighted by Gasteiger charge is 2.10. The molecule has 0 fully saturated rings.